The Hall–Kier alpha value is -3.04. The predicted molar refractivity (Wildman–Crippen MR) is 116 cm³/mol. The van der Waals surface area contributed by atoms with Gasteiger partial charge in [-0.3, -0.25) is 0 Å². The molecule has 4 aromatic carbocycles. The van der Waals surface area contributed by atoms with Crippen LogP contribution in [0.3, 0.4) is 0 Å². The molecule has 0 amide bonds. The number of para-hydroxylation sites is 1. The van der Waals surface area contributed by atoms with E-state index in [0.29, 0.717) is 0 Å². The molecule has 0 aliphatic rings. The van der Waals surface area contributed by atoms with Crippen LogP contribution in [0.15, 0.2) is 95.5 Å². The molecule has 27 heavy (non-hydrogen) atoms. The highest BCUT2D eigenvalue weighted by molar-refractivity contribution is 9.10. The van der Waals surface area contributed by atoms with E-state index >= 15 is 0 Å². The van der Waals surface area contributed by atoms with Crippen molar-refractivity contribution >= 4 is 37.6 Å². The molecule has 0 radical (unpaired) electrons. The lowest BCUT2D eigenvalue weighted by molar-refractivity contribution is 1.23. The first-order valence-electron chi connectivity index (χ1n) is 8.81. The molecule has 0 spiro atoms. The van der Waals surface area contributed by atoms with Crippen LogP contribution in [0.5, 0.6) is 0 Å². The molecule has 0 fully saturated rings. The van der Waals surface area contributed by atoms with Gasteiger partial charge in [-0.1, -0.05) is 94.8 Å². The third-order valence-electron chi connectivity index (χ3n) is 4.76. The van der Waals surface area contributed by atoms with Crippen molar-refractivity contribution in [1.29, 1.82) is 0 Å². The van der Waals surface area contributed by atoms with Crippen LogP contribution in [0.4, 0.5) is 0 Å². The number of aromatic nitrogens is 2. The molecule has 0 N–H and O–H groups in total. The van der Waals surface area contributed by atoms with Gasteiger partial charge in [-0.05, 0) is 22.9 Å². The lowest BCUT2D eigenvalue weighted by atomic mass is 10.0. The van der Waals surface area contributed by atoms with Gasteiger partial charge in [-0.15, -0.1) is 0 Å². The molecule has 1 aromatic heterocycles. The van der Waals surface area contributed by atoms with Crippen molar-refractivity contribution < 1.29 is 0 Å². The predicted octanol–water partition coefficient (Wildman–Crippen LogP) is 6.88. The minimum atomic E-state index is 0.747. The van der Waals surface area contributed by atoms with Crippen molar-refractivity contribution in [3.63, 3.8) is 0 Å². The third kappa shape index (κ3) is 2.81. The molecule has 128 valence electrons. The molecule has 0 aliphatic carbocycles. The second kappa shape index (κ2) is 6.60. The van der Waals surface area contributed by atoms with Gasteiger partial charge >= 0.3 is 0 Å². The van der Waals surface area contributed by atoms with Crippen molar-refractivity contribution in [2.24, 2.45) is 0 Å². The Labute approximate surface area is 165 Å². The second-order valence-electron chi connectivity index (χ2n) is 6.42. The molecule has 0 saturated heterocycles. The fourth-order valence-corrected chi connectivity index (χ4v) is 3.98. The summed E-state index contributed by atoms with van der Waals surface area (Å²) in [6.07, 6.45) is 0. The topological polar surface area (TPSA) is 25.8 Å². The highest BCUT2D eigenvalue weighted by Gasteiger charge is 2.13. The van der Waals surface area contributed by atoms with Crippen LogP contribution in [0.2, 0.25) is 0 Å². The van der Waals surface area contributed by atoms with E-state index in [4.69, 9.17) is 9.97 Å². The summed E-state index contributed by atoms with van der Waals surface area (Å²) >= 11 is 3.65. The van der Waals surface area contributed by atoms with E-state index in [-0.39, 0.29) is 0 Å². The first kappa shape index (κ1) is 16.2. The Bertz CT molecular complexity index is 1280. The summed E-state index contributed by atoms with van der Waals surface area (Å²) < 4.78 is 1.07. The van der Waals surface area contributed by atoms with Gasteiger partial charge in [-0.25, -0.2) is 9.97 Å². The molecule has 1 heterocycles. The summed E-state index contributed by atoms with van der Waals surface area (Å²) in [6, 6.07) is 31.0. The molecule has 5 rings (SSSR count). The average molecular weight is 411 g/mol. The maximum Gasteiger partial charge on any atom is 0.161 e. The van der Waals surface area contributed by atoms with Crippen LogP contribution in [0.1, 0.15) is 0 Å². The first-order valence-corrected chi connectivity index (χ1v) is 9.60. The number of hydrogen-bond acceptors (Lipinski definition) is 2. The molecule has 0 atom stereocenters. The molecule has 0 aliphatic heterocycles. The Morgan fingerprint density at radius 3 is 2.15 bits per heavy atom. The van der Waals surface area contributed by atoms with E-state index in [2.05, 4.69) is 70.5 Å². The van der Waals surface area contributed by atoms with Crippen LogP contribution in [-0.2, 0) is 0 Å². The molecule has 2 nitrogen and oxygen atoms in total. The van der Waals surface area contributed by atoms with Crippen LogP contribution in [0.25, 0.3) is 44.3 Å². The van der Waals surface area contributed by atoms with Gasteiger partial charge in [0.2, 0.25) is 0 Å². The summed E-state index contributed by atoms with van der Waals surface area (Å²) in [5.41, 5.74) is 4.05. The monoisotopic (exact) mass is 410 g/mol. The maximum absolute atomic E-state index is 4.99. The van der Waals surface area contributed by atoms with E-state index in [0.717, 1.165) is 48.8 Å². The lowest BCUT2D eigenvalue weighted by Gasteiger charge is -2.11. The molecule has 0 bridgehead atoms. The number of fused-ring (bicyclic) bond motifs is 2. The van der Waals surface area contributed by atoms with Crippen LogP contribution in [0, 0.1) is 0 Å². The Balaban J connectivity index is 1.85. The van der Waals surface area contributed by atoms with Crippen LogP contribution >= 0.6 is 15.9 Å². The Morgan fingerprint density at radius 2 is 1.26 bits per heavy atom. The fourth-order valence-electron chi connectivity index (χ4n) is 3.48. The van der Waals surface area contributed by atoms with Gasteiger partial charge in [0.1, 0.15) is 0 Å². The van der Waals surface area contributed by atoms with Gasteiger partial charge in [0, 0.05) is 21.0 Å². The summed E-state index contributed by atoms with van der Waals surface area (Å²) in [6.45, 7) is 0. The van der Waals surface area contributed by atoms with Crippen molar-refractivity contribution in [3.8, 4) is 22.6 Å². The van der Waals surface area contributed by atoms with Crippen molar-refractivity contribution in [2.75, 3.05) is 0 Å². The summed E-state index contributed by atoms with van der Waals surface area (Å²) in [4.78, 5) is 9.88. The molecular weight excluding hydrogens is 396 g/mol. The molecule has 5 aromatic rings. The second-order valence-corrected chi connectivity index (χ2v) is 7.27. The highest BCUT2D eigenvalue weighted by Crippen LogP contribution is 2.34. The minimum Gasteiger partial charge on any atom is -0.228 e. The van der Waals surface area contributed by atoms with Crippen LogP contribution in [-0.4, -0.2) is 9.97 Å². The zero-order valence-electron chi connectivity index (χ0n) is 14.4. The van der Waals surface area contributed by atoms with Gasteiger partial charge in [-0.2, -0.15) is 0 Å². The number of hydrogen-bond donors (Lipinski definition) is 0. The van der Waals surface area contributed by atoms with Crippen molar-refractivity contribution in [3.05, 3.63) is 95.5 Å². The lowest BCUT2D eigenvalue weighted by Crippen LogP contribution is -1.95. The smallest absolute Gasteiger partial charge is 0.161 e. The highest BCUT2D eigenvalue weighted by atomic mass is 79.9. The van der Waals surface area contributed by atoms with E-state index in [1.54, 1.807) is 0 Å². The zero-order valence-corrected chi connectivity index (χ0v) is 16.0. The molecule has 0 unspecified atom stereocenters. The van der Waals surface area contributed by atoms with Gasteiger partial charge < -0.3 is 0 Å². The van der Waals surface area contributed by atoms with E-state index in [1.165, 1.54) is 0 Å². The summed E-state index contributed by atoms with van der Waals surface area (Å²) in [5.74, 6) is 0.747. The van der Waals surface area contributed by atoms with Crippen molar-refractivity contribution in [2.45, 2.75) is 0 Å². The quantitative estimate of drug-likeness (QED) is 0.316. The fraction of sp³-hybridized carbons (Fsp3) is 0. The maximum atomic E-state index is 4.99. The summed E-state index contributed by atoms with van der Waals surface area (Å²) in [7, 11) is 0. The normalized spacial score (nSPS) is 11.1. The van der Waals surface area contributed by atoms with E-state index in [1.807, 2.05) is 36.4 Å². The number of benzene rings is 4. The van der Waals surface area contributed by atoms with E-state index < -0.39 is 0 Å². The third-order valence-corrected chi connectivity index (χ3v) is 5.45. The van der Waals surface area contributed by atoms with E-state index in [9.17, 15) is 0 Å². The zero-order chi connectivity index (χ0) is 18.2. The molecular formula is C24H15BrN2. The number of nitrogens with zero attached hydrogens (tertiary/aromatic N) is 2. The average Bonchev–Trinajstić information content (AvgIpc) is 2.73. The summed E-state index contributed by atoms with van der Waals surface area (Å²) in [5, 5.41) is 3.36. The SMILES string of the molecule is Brc1cccc2c(-c3nc(-c4ccccc4)c4ccccc4n3)cccc12. The van der Waals surface area contributed by atoms with Crippen LogP contribution < -0.4 is 0 Å². The van der Waals surface area contributed by atoms with Gasteiger partial charge in [0.25, 0.3) is 0 Å². The van der Waals surface area contributed by atoms with Gasteiger partial charge in [0.05, 0.1) is 11.2 Å². The first-order chi connectivity index (χ1) is 13.3. The Kier molecular flexibility index (Phi) is 3.95. The standard InChI is InChI=1S/C24H15BrN2/c25-21-14-7-11-17-18(21)12-6-13-19(17)24-26-22-15-5-4-10-20(22)23(27-24)16-8-2-1-3-9-16/h1-15H. The molecule has 0 saturated carbocycles. The minimum absolute atomic E-state index is 0.747. The van der Waals surface area contributed by atoms with Gasteiger partial charge in [0.15, 0.2) is 5.82 Å². The number of halogens is 1. The number of rotatable bonds is 2. The largest absolute Gasteiger partial charge is 0.228 e. The molecule has 3 heteroatoms. The Morgan fingerprint density at radius 1 is 0.556 bits per heavy atom. The van der Waals surface area contributed by atoms with Crippen molar-refractivity contribution in [1.82, 2.24) is 9.97 Å².